The molecule has 0 heterocycles. The molecule has 0 bridgehead atoms. The number of amides is 1. The maximum Gasteiger partial charge on any atom is 0.225 e. The summed E-state index contributed by atoms with van der Waals surface area (Å²) < 4.78 is 0. The van der Waals surface area contributed by atoms with Crippen LogP contribution in [0.1, 0.15) is 26.7 Å². The maximum absolute atomic E-state index is 11.8. The average molecular weight is 263 g/mol. The Morgan fingerprint density at radius 2 is 2.21 bits per heavy atom. The number of rotatable bonds is 7. The monoisotopic (exact) mass is 263 g/mol. The topological polar surface area (TPSA) is 58.4 Å². The molecule has 0 saturated heterocycles. The van der Waals surface area contributed by atoms with Crippen LogP contribution in [0, 0.1) is 5.92 Å². The molecule has 4 nitrogen and oxygen atoms in total. The minimum Gasteiger partial charge on any atom is -0.399 e. The third kappa shape index (κ3) is 6.25. The molecule has 1 unspecified atom stereocenters. The number of hydrogen-bond acceptors (Lipinski definition) is 3. The van der Waals surface area contributed by atoms with Gasteiger partial charge in [0.05, 0.1) is 0 Å². The van der Waals surface area contributed by atoms with Crippen molar-refractivity contribution in [3.05, 3.63) is 24.3 Å². The molecule has 1 amide bonds. The van der Waals surface area contributed by atoms with Crippen LogP contribution in [-0.4, -0.2) is 30.9 Å². The van der Waals surface area contributed by atoms with Crippen LogP contribution in [0.4, 0.5) is 11.4 Å². The van der Waals surface area contributed by atoms with Gasteiger partial charge in [-0.1, -0.05) is 26.3 Å². The first-order chi connectivity index (χ1) is 9.01. The van der Waals surface area contributed by atoms with Crippen LogP contribution in [0.3, 0.4) is 0 Å². The van der Waals surface area contributed by atoms with E-state index in [0.29, 0.717) is 18.0 Å². The normalized spacial score (nSPS) is 12.4. The van der Waals surface area contributed by atoms with Crippen LogP contribution in [0.25, 0.3) is 0 Å². The Labute approximate surface area is 116 Å². The van der Waals surface area contributed by atoms with Crippen molar-refractivity contribution in [3.8, 4) is 0 Å². The number of carbonyl (C=O) groups is 1. The van der Waals surface area contributed by atoms with Gasteiger partial charge in [0.25, 0.3) is 0 Å². The molecule has 0 spiro atoms. The summed E-state index contributed by atoms with van der Waals surface area (Å²) >= 11 is 0. The van der Waals surface area contributed by atoms with Gasteiger partial charge in [-0.15, -0.1) is 0 Å². The molecule has 0 aromatic heterocycles. The first kappa shape index (κ1) is 15.5. The smallest absolute Gasteiger partial charge is 0.225 e. The molecule has 0 aliphatic carbocycles. The van der Waals surface area contributed by atoms with Crippen molar-refractivity contribution in [2.45, 2.75) is 26.7 Å². The van der Waals surface area contributed by atoms with Gasteiger partial charge in [-0.05, 0) is 31.2 Å². The number of benzene rings is 1. The molecule has 1 atom stereocenters. The largest absolute Gasteiger partial charge is 0.399 e. The Kier molecular flexibility index (Phi) is 6.36. The van der Waals surface area contributed by atoms with E-state index in [1.807, 2.05) is 12.1 Å². The Hall–Kier alpha value is -1.55. The lowest BCUT2D eigenvalue weighted by Gasteiger charge is -2.20. The minimum absolute atomic E-state index is 0.0293. The highest BCUT2D eigenvalue weighted by Gasteiger charge is 2.07. The molecule has 3 N–H and O–H groups in total. The second-order valence-electron chi connectivity index (χ2n) is 5.20. The van der Waals surface area contributed by atoms with Gasteiger partial charge in [-0.3, -0.25) is 4.79 Å². The molecule has 0 radical (unpaired) electrons. The molecule has 106 valence electrons. The lowest BCUT2D eigenvalue weighted by molar-refractivity contribution is -0.116. The van der Waals surface area contributed by atoms with Gasteiger partial charge >= 0.3 is 0 Å². The Morgan fingerprint density at radius 3 is 2.84 bits per heavy atom. The second-order valence-corrected chi connectivity index (χ2v) is 5.20. The molecule has 0 fully saturated rings. The van der Waals surface area contributed by atoms with Crippen LogP contribution in [0.2, 0.25) is 0 Å². The van der Waals surface area contributed by atoms with E-state index in [-0.39, 0.29) is 5.91 Å². The highest BCUT2D eigenvalue weighted by atomic mass is 16.1. The Balaban J connectivity index is 2.32. The van der Waals surface area contributed by atoms with E-state index >= 15 is 0 Å². The van der Waals surface area contributed by atoms with Crippen LogP contribution in [-0.2, 0) is 4.79 Å². The Bertz CT molecular complexity index is 406. The standard InChI is InChI=1S/C15H25N3O/c1-4-12(2)11-18(3)9-8-15(19)17-14-7-5-6-13(16)10-14/h5-7,10,12H,4,8-9,11,16H2,1-3H3,(H,17,19). The van der Waals surface area contributed by atoms with Gasteiger partial charge < -0.3 is 16.0 Å². The summed E-state index contributed by atoms with van der Waals surface area (Å²) in [5.74, 6) is 0.698. The van der Waals surface area contributed by atoms with Gasteiger partial charge in [0.15, 0.2) is 0 Å². The number of carbonyl (C=O) groups excluding carboxylic acids is 1. The van der Waals surface area contributed by atoms with E-state index in [1.54, 1.807) is 12.1 Å². The predicted octanol–water partition coefficient (Wildman–Crippen LogP) is 2.58. The van der Waals surface area contributed by atoms with Gasteiger partial charge in [-0.25, -0.2) is 0 Å². The zero-order valence-electron chi connectivity index (χ0n) is 12.1. The van der Waals surface area contributed by atoms with Crippen molar-refractivity contribution in [3.63, 3.8) is 0 Å². The van der Waals surface area contributed by atoms with E-state index in [2.05, 4.69) is 31.1 Å². The van der Waals surface area contributed by atoms with E-state index in [4.69, 9.17) is 5.73 Å². The molecular weight excluding hydrogens is 238 g/mol. The number of nitrogen functional groups attached to an aromatic ring is 1. The lowest BCUT2D eigenvalue weighted by atomic mass is 10.1. The minimum atomic E-state index is 0.0293. The molecule has 0 saturated carbocycles. The average Bonchev–Trinajstić information content (AvgIpc) is 2.36. The number of anilines is 2. The predicted molar refractivity (Wildman–Crippen MR) is 81.1 cm³/mol. The molecule has 0 aliphatic heterocycles. The second kappa shape index (κ2) is 7.79. The lowest BCUT2D eigenvalue weighted by Crippen LogP contribution is -2.28. The van der Waals surface area contributed by atoms with Crippen LogP contribution in [0.5, 0.6) is 0 Å². The first-order valence-corrected chi connectivity index (χ1v) is 6.85. The van der Waals surface area contributed by atoms with Crippen molar-refractivity contribution in [1.82, 2.24) is 4.90 Å². The molecule has 1 rings (SSSR count). The highest BCUT2D eigenvalue weighted by molar-refractivity contribution is 5.91. The number of nitrogens with zero attached hydrogens (tertiary/aromatic N) is 1. The van der Waals surface area contributed by atoms with Crippen molar-refractivity contribution < 1.29 is 4.79 Å². The van der Waals surface area contributed by atoms with Gasteiger partial charge in [-0.2, -0.15) is 0 Å². The molecule has 1 aromatic rings. The van der Waals surface area contributed by atoms with E-state index in [0.717, 1.165) is 18.8 Å². The van der Waals surface area contributed by atoms with Crippen molar-refractivity contribution in [2.75, 3.05) is 31.2 Å². The summed E-state index contributed by atoms with van der Waals surface area (Å²) in [5.41, 5.74) is 7.08. The summed E-state index contributed by atoms with van der Waals surface area (Å²) in [5, 5.41) is 2.86. The zero-order chi connectivity index (χ0) is 14.3. The van der Waals surface area contributed by atoms with Crippen LogP contribution >= 0.6 is 0 Å². The van der Waals surface area contributed by atoms with Crippen molar-refractivity contribution in [2.24, 2.45) is 5.92 Å². The summed E-state index contributed by atoms with van der Waals surface area (Å²) in [6.45, 7) is 6.22. The fourth-order valence-corrected chi connectivity index (χ4v) is 1.88. The molecule has 0 aliphatic rings. The van der Waals surface area contributed by atoms with Crippen LogP contribution < -0.4 is 11.1 Å². The van der Waals surface area contributed by atoms with E-state index < -0.39 is 0 Å². The van der Waals surface area contributed by atoms with Gasteiger partial charge in [0, 0.05) is 30.9 Å². The number of nitrogens with two attached hydrogens (primary N) is 1. The third-order valence-corrected chi connectivity index (χ3v) is 3.21. The fraction of sp³-hybridized carbons (Fsp3) is 0.533. The summed E-state index contributed by atoms with van der Waals surface area (Å²) in [6, 6.07) is 7.24. The molecular formula is C15H25N3O. The Morgan fingerprint density at radius 1 is 1.47 bits per heavy atom. The summed E-state index contributed by atoms with van der Waals surface area (Å²) in [4.78, 5) is 14.0. The maximum atomic E-state index is 11.8. The van der Waals surface area contributed by atoms with Crippen LogP contribution in [0.15, 0.2) is 24.3 Å². The quantitative estimate of drug-likeness (QED) is 0.743. The summed E-state index contributed by atoms with van der Waals surface area (Å²) in [6.07, 6.45) is 1.67. The first-order valence-electron chi connectivity index (χ1n) is 6.85. The van der Waals surface area contributed by atoms with Gasteiger partial charge in [0.2, 0.25) is 5.91 Å². The molecule has 19 heavy (non-hydrogen) atoms. The third-order valence-electron chi connectivity index (χ3n) is 3.21. The molecule has 1 aromatic carbocycles. The zero-order valence-corrected chi connectivity index (χ0v) is 12.1. The van der Waals surface area contributed by atoms with Crippen molar-refractivity contribution in [1.29, 1.82) is 0 Å². The van der Waals surface area contributed by atoms with Crippen molar-refractivity contribution >= 4 is 17.3 Å². The number of hydrogen-bond donors (Lipinski definition) is 2. The van der Waals surface area contributed by atoms with E-state index in [1.165, 1.54) is 6.42 Å². The van der Waals surface area contributed by atoms with Gasteiger partial charge in [0.1, 0.15) is 0 Å². The number of nitrogens with one attached hydrogen (secondary N) is 1. The summed E-state index contributed by atoms with van der Waals surface area (Å²) in [7, 11) is 2.06. The highest BCUT2D eigenvalue weighted by Crippen LogP contribution is 2.12. The fourth-order valence-electron chi connectivity index (χ4n) is 1.88. The SMILES string of the molecule is CCC(C)CN(C)CCC(=O)Nc1cccc(N)c1. The molecule has 4 heteroatoms. The van der Waals surface area contributed by atoms with E-state index in [9.17, 15) is 4.79 Å².